The lowest BCUT2D eigenvalue weighted by Gasteiger charge is -2.32. The molecule has 0 bridgehead atoms. The van der Waals surface area contributed by atoms with E-state index < -0.39 is 0 Å². The Morgan fingerprint density at radius 3 is 2.12 bits per heavy atom. The summed E-state index contributed by atoms with van der Waals surface area (Å²) in [6.45, 7) is -0.0696. The normalized spacial score (nSPS) is 36.8. The number of aliphatic hydroxyl groups is 1. The summed E-state index contributed by atoms with van der Waals surface area (Å²) in [6, 6.07) is 0. The monoisotopic (exact) mass is 118 g/mol. The number of rotatable bonds is 2. The van der Waals surface area contributed by atoms with E-state index in [0.29, 0.717) is 0 Å². The lowest BCUT2D eigenvalue weighted by Crippen LogP contribution is -2.30. The molecule has 48 valence electrons. The van der Waals surface area contributed by atoms with Crippen LogP contribution in [0.2, 0.25) is 0 Å². The van der Waals surface area contributed by atoms with Gasteiger partial charge in [-0.25, -0.2) is 0 Å². The van der Waals surface area contributed by atoms with Crippen molar-refractivity contribution in [1.29, 1.82) is 0 Å². The Hall–Kier alpha value is -0.110. The second kappa shape index (κ2) is 2.44. The van der Waals surface area contributed by atoms with Crippen LogP contribution in [0.3, 0.4) is 0 Å². The molecule has 0 spiro atoms. The summed E-state index contributed by atoms with van der Waals surface area (Å²) in [6.07, 6.45) is 1.99. The first-order valence-electron chi connectivity index (χ1n) is 3.05. The number of hydrogen-bond donors (Lipinski definition) is 1. The summed E-state index contributed by atoms with van der Waals surface area (Å²) in [5.74, 6) is 0.458. The SMILES string of the molecule is OC[C@H]1CC[C@H]1CF. The van der Waals surface area contributed by atoms with Crippen molar-refractivity contribution in [1.82, 2.24) is 0 Å². The van der Waals surface area contributed by atoms with Crippen molar-refractivity contribution in [2.24, 2.45) is 11.8 Å². The van der Waals surface area contributed by atoms with Crippen molar-refractivity contribution in [3.63, 3.8) is 0 Å². The van der Waals surface area contributed by atoms with E-state index in [0.717, 1.165) is 12.8 Å². The first kappa shape index (κ1) is 6.02. The molecule has 1 aliphatic rings. The quantitative estimate of drug-likeness (QED) is 0.573. The Balaban J connectivity index is 2.16. The Morgan fingerprint density at radius 1 is 1.38 bits per heavy atom. The molecule has 0 saturated heterocycles. The Bertz CT molecular complexity index is 60.9. The van der Waals surface area contributed by atoms with Gasteiger partial charge in [-0.15, -0.1) is 0 Å². The fourth-order valence-corrected chi connectivity index (χ4v) is 1.08. The van der Waals surface area contributed by atoms with E-state index in [1.165, 1.54) is 0 Å². The van der Waals surface area contributed by atoms with Gasteiger partial charge in [0.2, 0.25) is 0 Å². The highest BCUT2D eigenvalue weighted by Crippen LogP contribution is 2.33. The Kier molecular flexibility index (Phi) is 1.84. The predicted molar refractivity (Wildman–Crippen MR) is 29.3 cm³/mol. The molecule has 1 fully saturated rings. The van der Waals surface area contributed by atoms with Crippen LogP contribution in [-0.2, 0) is 0 Å². The van der Waals surface area contributed by atoms with Crippen molar-refractivity contribution in [2.75, 3.05) is 13.3 Å². The Labute approximate surface area is 48.5 Å². The van der Waals surface area contributed by atoms with Gasteiger partial charge in [0.1, 0.15) is 0 Å². The van der Waals surface area contributed by atoms with Crippen LogP contribution >= 0.6 is 0 Å². The maximum absolute atomic E-state index is 11.8. The minimum Gasteiger partial charge on any atom is -0.396 e. The maximum atomic E-state index is 11.8. The van der Waals surface area contributed by atoms with E-state index in [4.69, 9.17) is 5.11 Å². The zero-order valence-corrected chi connectivity index (χ0v) is 4.81. The molecule has 1 rings (SSSR count). The van der Waals surface area contributed by atoms with Crippen LogP contribution < -0.4 is 0 Å². The van der Waals surface area contributed by atoms with Crippen molar-refractivity contribution < 1.29 is 9.50 Å². The smallest absolute Gasteiger partial charge is 0.0926 e. The van der Waals surface area contributed by atoms with Gasteiger partial charge in [0, 0.05) is 6.61 Å². The molecule has 1 saturated carbocycles. The topological polar surface area (TPSA) is 20.2 Å². The third-order valence-corrected chi connectivity index (χ3v) is 2.01. The zero-order chi connectivity index (χ0) is 5.98. The maximum Gasteiger partial charge on any atom is 0.0926 e. The average Bonchev–Trinajstić information content (AvgIpc) is 1.66. The second-order valence-electron chi connectivity index (χ2n) is 2.43. The van der Waals surface area contributed by atoms with Crippen LogP contribution in [0.5, 0.6) is 0 Å². The van der Waals surface area contributed by atoms with E-state index in [9.17, 15) is 4.39 Å². The van der Waals surface area contributed by atoms with Crippen molar-refractivity contribution in [3.05, 3.63) is 0 Å². The highest BCUT2D eigenvalue weighted by Gasteiger charge is 2.29. The molecule has 0 aliphatic heterocycles. The van der Waals surface area contributed by atoms with Crippen molar-refractivity contribution in [3.8, 4) is 0 Å². The lowest BCUT2D eigenvalue weighted by atomic mass is 9.75. The number of alkyl halides is 1. The van der Waals surface area contributed by atoms with Crippen LogP contribution in [0, 0.1) is 11.8 Å². The van der Waals surface area contributed by atoms with Gasteiger partial charge in [-0.1, -0.05) is 0 Å². The first-order valence-corrected chi connectivity index (χ1v) is 3.05. The van der Waals surface area contributed by atoms with Crippen molar-refractivity contribution in [2.45, 2.75) is 12.8 Å². The summed E-state index contributed by atoms with van der Waals surface area (Å²) < 4.78 is 11.8. The second-order valence-corrected chi connectivity index (χ2v) is 2.43. The summed E-state index contributed by atoms with van der Waals surface area (Å²) >= 11 is 0. The van der Waals surface area contributed by atoms with Gasteiger partial charge in [0.25, 0.3) is 0 Å². The predicted octanol–water partition coefficient (Wildman–Crippen LogP) is 0.974. The van der Waals surface area contributed by atoms with Crippen LogP contribution in [0.15, 0.2) is 0 Å². The van der Waals surface area contributed by atoms with Gasteiger partial charge in [0.05, 0.1) is 6.67 Å². The van der Waals surface area contributed by atoms with Crippen LogP contribution in [-0.4, -0.2) is 18.4 Å². The molecule has 1 nitrogen and oxygen atoms in total. The molecule has 0 radical (unpaired) electrons. The highest BCUT2D eigenvalue weighted by atomic mass is 19.1. The van der Waals surface area contributed by atoms with E-state index in [-0.39, 0.29) is 25.1 Å². The van der Waals surface area contributed by atoms with Gasteiger partial charge in [-0.05, 0) is 24.7 Å². The van der Waals surface area contributed by atoms with Gasteiger partial charge in [0.15, 0.2) is 0 Å². The van der Waals surface area contributed by atoms with E-state index >= 15 is 0 Å². The largest absolute Gasteiger partial charge is 0.396 e. The molecule has 8 heavy (non-hydrogen) atoms. The molecular weight excluding hydrogens is 107 g/mol. The molecule has 1 N–H and O–H groups in total. The third kappa shape index (κ3) is 0.848. The molecule has 0 aromatic carbocycles. The molecule has 0 heterocycles. The fourth-order valence-electron chi connectivity index (χ4n) is 1.08. The van der Waals surface area contributed by atoms with Gasteiger partial charge < -0.3 is 5.11 Å². The Morgan fingerprint density at radius 2 is 2.00 bits per heavy atom. The molecule has 1 aliphatic carbocycles. The van der Waals surface area contributed by atoms with Crippen LogP contribution in [0.4, 0.5) is 4.39 Å². The van der Waals surface area contributed by atoms with Gasteiger partial charge >= 0.3 is 0 Å². The average molecular weight is 118 g/mol. The number of halogens is 1. The van der Waals surface area contributed by atoms with Gasteiger partial charge in [-0.3, -0.25) is 4.39 Å². The standard InChI is InChI=1S/C6H11FO/c7-3-5-1-2-6(5)4-8/h5-6,8H,1-4H2/t5-,6+/m0/s1. The summed E-state index contributed by atoms with van der Waals surface area (Å²) in [5, 5.41) is 8.52. The minimum absolute atomic E-state index is 0.175. The molecule has 0 aromatic heterocycles. The van der Waals surface area contributed by atoms with Gasteiger partial charge in [-0.2, -0.15) is 0 Å². The van der Waals surface area contributed by atoms with E-state index in [2.05, 4.69) is 0 Å². The fraction of sp³-hybridized carbons (Fsp3) is 1.00. The van der Waals surface area contributed by atoms with Crippen LogP contribution in [0.1, 0.15) is 12.8 Å². The van der Waals surface area contributed by atoms with Crippen molar-refractivity contribution >= 4 is 0 Å². The molecule has 2 atom stereocenters. The molecule has 2 heteroatoms. The van der Waals surface area contributed by atoms with E-state index in [1.807, 2.05) is 0 Å². The summed E-state index contributed by atoms with van der Waals surface area (Å²) in [4.78, 5) is 0. The molecule has 0 amide bonds. The zero-order valence-electron chi connectivity index (χ0n) is 4.81. The molecule has 0 aromatic rings. The minimum atomic E-state index is -0.245. The van der Waals surface area contributed by atoms with E-state index in [1.54, 1.807) is 0 Å². The summed E-state index contributed by atoms with van der Waals surface area (Å²) in [7, 11) is 0. The first-order chi connectivity index (χ1) is 3.88. The lowest BCUT2D eigenvalue weighted by molar-refractivity contribution is 0.0723. The third-order valence-electron chi connectivity index (χ3n) is 2.01. The summed E-state index contributed by atoms with van der Waals surface area (Å²) in [5.41, 5.74) is 0. The van der Waals surface area contributed by atoms with Crippen LogP contribution in [0.25, 0.3) is 0 Å². The number of aliphatic hydroxyl groups excluding tert-OH is 1. The highest BCUT2D eigenvalue weighted by molar-refractivity contribution is 4.78. The molecular formula is C6H11FO. The molecule has 0 unspecified atom stereocenters. The number of hydrogen-bond acceptors (Lipinski definition) is 1.